The second kappa shape index (κ2) is 11.8. The topological polar surface area (TPSA) is 99.1 Å². The zero-order chi connectivity index (χ0) is 20.4. The standard InChI is InChI=1S/C21H32O7/c1-2-19(22)27-13-11-26-12-14-28-21(25)18-9-5-16(6-10-18)15-3-7-17(8-4-15)20(23)24/h2,15-18H,1,3-14H2,(H,23,24). The number of aliphatic carboxylic acids is 1. The molecule has 158 valence electrons. The third-order valence-corrected chi connectivity index (χ3v) is 6.00. The molecule has 0 amide bonds. The van der Waals surface area contributed by atoms with E-state index in [0.717, 1.165) is 57.4 Å². The van der Waals surface area contributed by atoms with Crippen LogP contribution in [0.3, 0.4) is 0 Å². The molecular weight excluding hydrogens is 364 g/mol. The van der Waals surface area contributed by atoms with Gasteiger partial charge in [0.25, 0.3) is 0 Å². The molecule has 0 saturated heterocycles. The van der Waals surface area contributed by atoms with Gasteiger partial charge in [0.05, 0.1) is 25.0 Å². The normalized spacial score (nSPS) is 27.6. The summed E-state index contributed by atoms with van der Waals surface area (Å²) in [6, 6.07) is 0. The van der Waals surface area contributed by atoms with Crippen LogP contribution in [0.2, 0.25) is 0 Å². The Morgan fingerprint density at radius 2 is 1.29 bits per heavy atom. The highest BCUT2D eigenvalue weighted by Gasteiger charge is 2.34. The molecule has 2 saturated carbocycles. The average molecular weight is 396 g/mol. The van der Waals surface area contributed by atoms with Crippen LogP contribution in [0.1, 0.15) is 51.4 Å². The Balaban J connectivity index is 1.54. The molecule has 0 bridgehead atoms. The summed E-state index contributed by atoms with van der Waals surface area (Å²) < 4.78 is 15.3. The smallest absolute Gasteiger partial charge is 0.330 e. The Kier molecular flexibility index (Phi) is 9.47. The highest BCUT2D eigenvalue weighted by molar-refractivity contribution is 5.81. The number of esters is 2. The van der Waals surface area contributed by atoms with E-state index in [0.29, 0.717) is 11.8 Å². The van der Waals surface area contributed by atoms with Crippen LogP contribution in [-0.2, 0) is 28.6 Å². The number of carboxylic acid groups (broad SMARTS) is 1. The Hall–Kier alpha value is -1.89. The molecular formula is C21H32O7. The molecule has 0 aliphatic heterocycles. The number of carbonyl (C=O) groups excluding carboxylic acids is 2. The van der Waals surface area contributed by atoms with Gasteiger partial charge in [-0.15, -0.1) is 0 Å². The van der Waals surface area contributed by atoms with Gasteiger partial charge in [0.2, 0.25) is 0 Å². The molecule has 0 radical (unpaired) electrons. The lowest BCUT2D eigenvalue weighted by molar-refractivity contribution is -0.152. The second-order valence-corrected chi connectivity index (χ2v) is 7.71. The first-order valence-electron chi connectivity index (χ1n) is 10.3. The van der Waals surface area contributed by atoms with Gasteiger partial charge in [-0.25, -0.2) is 4.79 Å². The van der Waals surface area contributed by atoms with Gasteiger partial charge >= 0.3 is 17.9 Å². The van der Waals surface area contributed by atoms with Gasteiger partial charge in [-0.3, -0.25) is 9.59 Å². The number of hydrogen-bond donors (Lipinski definition) is 1. The van der Waals surface area contributed by atoms with Crippen LogP contribution in [0.4, 0.5) is 0 Å². The Morgan fingerprint density at radius 1 is 0.786 bits per heavy atom. The summed E-state index contributed by atoms with van der Waals surface area (Å²) in [5.74, 6) is -0.294. The highest BCUT2D eigenvalue weighted by Crippen LogP contribution is 2.41. The predicted octanol–water partition coefficient (Wildman–Crippen LogP) is 2.97. The van der Waals surface area contributed by atoms with Gasteiger partial charge < -0.3 is 19.3 Å². The van der Waals surface area contributed by atoms with Crippen molar-refractivity contribution in [2.75, 3.05) is 26.4 Å². The third kappa shape index (κ3) is 7.26. The van der Waals surface area contributed by atoms with E-state index < -0.39 is 11.9 Å². The summed E-state index contributed by atoms with van der Waals surface area (Å²) in [6.45, 7) is 4.18. The van der Waals surface area contributed by atoms with Crippen LogP contribution < -0.4 is 0 Å². The molecule has 0 aromatic carbocycles. The lowest BCUT2D eigenvalue weighted by Gasteiger charge is -2.36. The lowest BCUT2D eigenvalue weighted by Crippen LogP contribution is -2.30. The summed E-state index contributed by atoms with van der Waals surface area (Å²) in [5, 5.41) is 9.11. The van der Waals surface area contributed by atoms with Gasteiger partial charge in [-0.05, 0) is 63.2 Å². The van der Waals surface area contributed by atoms with Crippen LogP contribution in [0.15, 0.2) is 12.7 Å². The van der Waals surface area contributed by atoms with Crippen molar-refractivity contribution in [3.63, 3.8) is 0 Å². The van der Waals surface area contributed by atoms with Crippen molar-refractivity contribution < 1.29 is 33.7 Å². The van der Waals surface area contributed by atoms with Crippen molar-refractivity contribution >= 4 is 17.9 Å². The minimum absolute atomic E-state index is 0.0415. The van der Waals surface area contributed by atoms with Gasteiger partial charge in [0, 0.05) is 6.08 Å². The molecule has 2 rings (SSSR count). The summed E-state index contributed by atoms with van der Waals surface area (Å²) in [6.07, 6.45) is 8.40. The van der Waals surface area contributed by atoms with E-state index in [9.17, 15) is 14.4 Å². The molecule has 0 heterocycles. The van der Waals surface area contributed by atoms with Crippen LogP contribution >= 0.6 is 0 Å². The molecule has 7 heteroatoms. The second-order valence-electron chi connectivity index (χ2n) is 7.71. The first-order chi connectivity index (χ1) is 13.5. The van der Waals surface area contributed by atoms with E-state index in [1.807, 2.05) is 0 Å². The van der Waals surface area contributed by atoms with Crippen molar-refractivity contribution in [2.24, 2.45) is 23.7 Å². The Bertz CT molecular complexity index is 529. The van der Waals surface area contributed by atoms with Crippen LogP contribution in [0.5, 0.6) is 0 Å². The minimum Gasteiger partial charge on any atom is -0.481 e. The van der Waals surface area contributed by atoms with E-state index in [4.69, 9.17) is 19.3 Å². The van der Waals surface area contributed by atoms with Gasteiger partial charge in [-0.2, -0.15) is 0 Å². The maximum atomic E-state index is 12.2. The SMILES string of the molecule is C=CC(=O)OCCOCCOC(=O)C1CCC(C2CCC(C(=O)O)CC2)CC1. The highest BCUT2D eigenvalue weighted by atomic mass is 16.6. The van der Waals surface area contributed by atoms with Crippen LogP contribution in [0, 0.1) is 23.7 Å². The minimum atomic E-state index is -0.660. The number of ether oxygens (including phenoxy) is 3. The van der Waals surface area contributed by atoms with Crippen LogP contribution in [0.25, 0.3) is 0 Å². The Morgan fingerprint density at radius 3 is 1.79 bits per heavy atom. The lowest BCUT2D eigenvalue weighted by atomic mass is 9.69. The first kappa shape index (κ1) is 22.4. The van der Waals surface area contributed by atoms with Crippen molar-refractivity contribution in [3.05, 3.63) is 12.7 Å². The van der Waals surface area contributed by atoms with Crippen molar-refractivity contribution in [1.29, 1.82) is 0 Å². The monoisotopic (exact) mass is 396 g/mol. The van der Waals surface area contributed by atoms with Crippen molar-refractivity contribution in [2.45, 2.75) is 51.4 Å². The Labute approximate surface area is 166 Å². The van der Waals surface area contributed by atoms with Crippen LogP contribution in [-0.4, -0.2) is 49.4 Å². The third-order valence-electron chi connectivity index (χ3n) is 6.00. The number of carboxylic acids is 1. The quantitative estimate of drug-likeness (QED) is 0.344. The van der Waals surface area contributed by atoms with Gasteiger partial charge in [-0.1, -0.05) is 6.58 Å². The molecule has 0 aromatic rings. The van der Waals surface area contributed by atoms with Gasteiger partial charge in [0.15, 0.2) is 0 Å². The summed E-state index contributed by atoms with van der Waals surface area (Å²) >= 11 is 0. The molecule has 0 aromatic heterocycles. The first-order valence-corrected chi connectivity index (χ1v) is 10.3. The number of carbonyl (C=O) groups is 3. The van der Waals surface area contributed by atoms with E-state index >= 15 is 0 Å². The fourth-order valence-corrected chi connectivity index (χ4v) is 4.35. The largest absolute Gasteiger partial charge is 0.481 e. The zero-order valence-corrected chi connectivity index (χ0v) is 16.5. The van der Waals surface area contributed by atoms with Crippen molar-refractivity contribution in [3.8, 4) is 0 Å². The van der Waals surface area contributed by atoms with E-state index in [2.05, 4.69) is 6.58 Å². The molecule has 28 heavy (non-hydrogen) atoms. The van der Waals surface area contributed by atoms with E-state index in [1.165, 1.54) is 0 Å². The molecule has 2 aliphatic carbocycles. The van der Waals surface area contributed by atoms with E-state index in [1.54, 1.807) is 0 Å². The molecule has 1 N–H and O–H groups in total. The fourth-order valence-electron chi connectivity index (χ4n) is 4.35. The summed E-state index contributed by atoms with van der Waals surface area (Å²) in [7, 11) is 0. The van der Waals surface area contributed by atoms with E-state index in [-0.39, 0.29) is 44.2 Å². The molecule has 0 spiro atoms. The molecule has 0 unspecified atom stereocenters. The maximum Gasteiger partial charge on any atom is 0.330 e. The summed E-state index contributed by atoms with van der Waals surface area (Å²) in [5.41, 5.74) is 0. The fraction of sp³-hybridized carbons (Fsp3) is 0.762. The van der Waals surface area contributed by atoms with Gasteiger partial charge in [0.1, 0.15) is 13.2 Å². The molecule has 0 atom stereocenters. The average Bonchev–Trinajstić information content (AvgIpc) is 2.72. The summed E-state index contributed by atoms with van der Waals surface area (Å²) in [4.78, 5) is 34.1. The number of hydrogen-bond acceptors (Lipinski definition) is 6. The molecule has 7 nitrogen and oxygen atoms in total. The molecule has 2 aliphatic rings. The maximum absolute atomic E-state index is 12.2. The number of rotatable bonds is 10. The predicted molar refractivity (Wildman–Crippen MR) is 101 cm³/mol. The molecule has 2 fully saturated rings. The van der Waals surface area contributed by atoms with Crippen molar-refractivity contribution in [1.82, 2.24) is 0 Å². The zero-order valence-electron chi connectivity index (χ0n) is 16.5.